The zero-order valence-electron chi connectivity index (χ0n) is 4.61. The predicted octanol–water partition coefficient (Wildman–Crippen LogP) is 0.827. The van der Waals surface area contributed by atoms with Crippen LogP contribution in [0.15, 0.2) is 0 Å². The lowest BCUT2D eigenvalue weighted by Gasteiger charge is -2.11. The highest BCUT2D eigenvalue weighted by atomic mass is 35.5. The lowest BCUT2D eigenvalue weighted by Crippen LogP contribution is -2.26. The van der Waals surface area contributed by atoms with E-state index in [2.05, 4.69) is 4.74 Å². The average Bonchev–Trinajstić information content (AvgIpc) is 1.84. The summed E-state index contributed by atoms with van der Waals surface area (Å²) in [5, 5.41) is 7.90. The Balaban J connectivity index is 3.33. The molecule has 0 aliphatic carbocycles. The number of hydrogen-bond acceptors (Lipinski definition) is 2. The number of ether oxygens (including phenoxy) is 1. The number of alkyl halides is 3. The second-order valence-corrected chi connectivity index (χ2v) is 1.71. The van der Waals surface area contributed by atoms with Gasteiger partial charge in [0.05, 0.1) is 6.61 Å². The van der Waals surface area contributed by atoms with E-state index in [1.165, 1.54) is 0 Å². The van der Waals surface area contributed by atoms with E-state index in [0.717, 1.165) is 0 Å². The Hall–Kier alpha value is 0.0700. The summed E-state index contributed by atoms with van der Waals surface area (Å²) < 4.78 is 27.4. The largest absolute Gasteiger partial charge is 0.387 e. The van der Waals surface area contributed by atoms with Crippen LogP contribution in [0.5, 0.6) is 0 Å². The van der Waals surface area contributed by atoms with Gasteiger partial charge in [-0.05, 0) is 0 Å². The van der Waals surface area contributed by atoms with Gasteiger partial charge in [-0.2, -0.15) is 8.78 Å². The van der Waals surface area contributed by atoms with Crippen LogP contribution < -0.4 is 0 Å². The van der Waals surface area contributed by atoms with Gasteiger partial charge < -0.3 is 9.84 Å². The first-order valence-electron chi connectivity index (χ1n) is 2.31. The highest BCUT2D eigenvalue weighted by Gasteiger charge is 2.27. The fourth-order valence-corrected chi connectivity index (χ4v) is 0.311. The van der Waals surface area contributed by atoms with Crippen molar-refractivity contribution in [2.75, 3.05) is 19.1 Å². The standard InChI is InChI=1S/C4H7ClF2O2/c5-1-2-9-4(6,7)3-8/h8H,1-3H2. The lowest BCUT2D eigenvalue weighted by molar-refractivity contribution is -0.254. The molecule has 0 bridgehead atoms. The minimum atomic E-state index is -3.44. The summed E-state index contributed by atoms with van der Waals surface area (Å²) in [6.07, 6.45) is -3.44. The van der Waals surface area contributed by atoms with Gasteiger partial charge in [0.1, 0.15) is 6.61 Å². The number of hydrogen-bond donors (Lipinski definition) is 1. The molecule has 0 aromatic heterocycles. The van der Waals surface area contributed by atoms with E-state index in [1.54, 1.807) is 0 Å². The van der Waals surface area contributed by atoms with E-state index in [-0.39, 0.29) is 12.5 Å². The maximum absolute atomic E-state index is 11.8. The predicted molar refractivity (Wildman–Crippen MR) is 28.7 cm³/mol. The molecule has 0 aromatic rings. The first-order chi connectivity index (χ1) is 4.12. The molecule has 56 valence electrons. The van der Waals surface area contributed by atoms with Gasteiger partial charge in [0, 0.05) is 5.88 Å². The quantitative estimate of drug-likeness (QED) is 0.618. The molecule has 0 aromatic carbocycles. The highest BCUT2D eigenvalue weighted by molar-refractivity contribution is 6.17. The van der Waals surface area contributed by atoms with Crippen LogP contribution in [0.3, 0.4) is 0 Å². The molecule has 0 unspecified atom stereocenters. The summed E-state index contributed by atoms with van der Waals surface area (Å²) >= 11 is 5.02. The van der Waals surface area contributed by atoms with Crippen molar-refractivity contribution in [2.24, 2.45) is 0 Å². The van der Waals surface area contributed by atoms with Crippen LogP contribution >= 0.6 is 11.6 Å². The first-order valence-corrected chi connectivity index (χ1v) is 2.84. The van der Waals surface area contributed by atoms with E-state index in [4.69, 9.17) is 16.7 Å². The van der Waals surface area contributed by atoms with Crippen LogP contribution in [-0.4, -0.2) is 30.3 Å². The van der Waals surface area contributed by atoms with Gasteiger partial charge in [-0.25, -0.2) is 0 Å². The Morgan fingerprint density at radius 1 is 1.56 bits per heavy atom. The number of rotatable bonds is 4. The van der Waals surface area contributed by atoms with Crippen molar-refractivity contribution in [3.63, 3.8) is 0 Å². The lowest BCUT2D eigenvalue weighted by atomic mass is 10.7. The van der Waals surface area contributed by atoms with E-state index < -0.39 is 12.7 Å². The second-order valence-electron chi connectivity index (χ2n) is 1.33. The molecule has 0 saturated carbocycles. The molecule has 0 rings (SSSR count). The summed E-state index contributed by atoms with van der Waals surface area (Å²) in [6, 6.07) is 0. The Morgan fingerprint density at radius 2 is 2.11 bits per heavy atom. The molecule has 2 nitrogen and oxygen atoms in total. The minimum Gasteiger partial charge on any atom is -0.387 e. The molecular formula is C4H7ClF2O2. The number of aliphatic hydroxyl groups is 1. The monoisotopic (exact) mass is 160 g/mol. The molecule has 1 N–H and O–H groups in total. The molecular weight excluding hydrogens is 153 g/mol. The van der Waals surface area contributed by atoms with Crippen molar-refractivity contribution in [1.82, 2.24) is 0 Å². The first kappa shape index (κ1) is 9.07. The molecule has 0 radical (unpaired) electrons. The van der Waals surface area contributed by atoms with Crippen LogP contribution in [-0.2, 0) is 4.74 Å². The van der Waals surface area contributed by atoms with Gasteiger partial charge in [-0.15, -0.1) is 11.6 Å². The van der Waals surface area contributed by atoms with Gasteiger partial charge in [0.25, 0.3) is 0 Å². The van der Waals surface area contributed by atoms with Crippen LogP contribution in [0, 0.1) is 0 Å². The number of halogens is 3. The average molecular weight is 161 g/mol. The molecule has 5 heteroatoms. The third kappa shape index (κ3) is 4.57. The molecule has 0 heterocycles. The van der Waals surface area contributed by atoms with Crippen molar-refractivity contribution in [3.05, 3.63) is 0 Å². The summed E-state index contributed by atoms with van der Waals surface area (Å²) in [4.78, 5) is 0. The Kier molecular flexibility index (Phi) is 4.01. The Labute approximate surface area is 56.4 Å². The van der Waals surface area contributed by atoms with Crippen LogP contribution in [0.2, 0.25) is 0 Å². The van der Waals surface area contributed by atoms with E-state index >= 15 is 0 Å². The fourth-order valence-electron chi connectivity index (χ4n) is 0.234. The minimum absolute atomic E-state index is 0.00438. The molecule has 0 saturated heterocycles. The summed E-state index contributed by atoms with van der Waals surface area (Å²) in [6.45, 7) is -1.56. The Morgan fingerprint density at radius 3 is 2.44 bits per heavy atom. The van der Waals surface area contributed by atoms with Crippen molar-refractivity contribution in [2.45, 2.75) is 6.11 Å². The van der Waals surface area contributed by atoms with Gasteiger partial charge >= 0.3 is 6.11 Å². The van der Waals surface area contributed by atoms with Crippen LogP contribution in [0.25, 0.3) is 0 Å². The summed E-state index contributed by atoms with van der Waals surface area (Å²) in [5.74, 6) is -0.00438. The maximum atomic E-state index is 11.8. The molecule has 0 aliphatic rings. The molecule has 0 fully saturated rings. The van der Waals surface area contributed by atoms with E-state index in [1.807, 2.05) is 0 Å². The van der Waals surface area contributed by atoms with Gasteiger partial charge in [0.2, 0.25) is 0 Å². The topological polar surface area (TPSA) is 29.5 Å². The van der Waals surface area contributed by atoms with Crippen LogP contribution in [0.1, 0.15) is 0 Å². The fraction of sp³-hybridized carbons (Fsp3) is 1.00. The third-order valence-corrected chi connectivity index (χ3v) is 0.729. The maximum Gasteiger partial charge on any atom is 0.378 e. The summed E-state index contributed by atoms with van der Waals surface area (Å²) in [7, 11) is 0. The Bertz CT molecular complexity index is 79.0. The van der Waals surface area contributed by atoms with Crippen molar-refractivity contribution >= 4 is 11.6 Å². The van der Waals surface area contributed by atoms with Crippen molar-refractivity contribution < 1.29 is 18.6 Å². The molecule has 9 heavy (non-hydrogen) atoms. The SMILES string of the molecule is OCC(F)(F)OCCCl. The number of aliphatic hydroxyl groups excluding tert-OH is 1. The molecule has 0 spiro atoms. The zero-order valence-corrected chi connectivity index (χ0v) is 5.37. The van der Waals surface area contributed by atoms with Crippen molar-refractivity contribution in [1.29, 1.82) is 0 Å². The van der Waals surface area contributed by atoms with Gasteiger partial charge in [-0.1, -0.05) is 0 Å². The van der Waals surface area contributed by atoms with Gasteiger partial charge in [-0.3, -0.25) is 0 Å². The van der Waals surface area contributed by atoms with Crippen molar-refractivity contribution in [3.8, 4) is 0 Å². The molecule has 0 aliphatic heterocycles. The zero-order chi connectivity index (χ0) is 7.33. The molecule has 0 amide bonds. The van der Waals surface area contributed by atoms with E-state index in [9.17, 15) is 8.78 Å². The normalized spacial score (nSPS) is 12.0. The smallest absolute Gasteiger partial charge is 0.378 e. The summed E-state index contributed by atoms with van der Waals surface area (Å²) in [5.41, 5.74) is 0. The third-order valence-electron chi connectivity index (χ3n) is 0.574. The van der Waals surface area contributed by atoms with Crippen LogP contribution in [0.4, 0.5) is 8.78 Å². The van der Waals surface area contributed by atoms with Gasteiger partial charge in [0.15, 0.2) is 0 Å². The highest BCUT2D eigenvalue weighted by Crippen LogP contribution is 2.12. The second kappa shape index (κ2) is 3.98. The van der Waals surface area contributed by atoms with E-state index in [0.29, 0.717) is 0 Å². The molecule has 0 atom stereocenters.